The van der Waals surface area contributed by atoms with Crippen molar-refractivity contribution in [2.24, 2.45) is 0 Å². The molecular formula is C14H20ClN3O. The number of aromatic nitrogens is 2. The van der Waals surface area contributed by atoms with E-state index in [1.807, 2.05) is 27.7 Å². The van der Waals surface area contributed by atoms with Crippen molar-refractivity contribution in [1.82, 2.24) is 14.9 Å². The molecule has 1 rings (SSSR count). The van der Waals surface area contributed by atoms with E-state index in [-0.39, 0.29) is 28.6 Å². The molecule has 1 aromatic heterocycles. The summed E-state index contributed by atoms with van der Waals surface area (Å²) < 4.78 is 0. The Hall–Kier alpha value is -1.42. The first kappa shape index (κ1) is 15.6. The predicted octanol–water partition coefficient (Wildman–Crippen LogP) is 3.29. The van der Waals surface area contributed by atoms with E-state index in [9.17, 15) is 4.79 Å². The zero-order chi connectivity index (χ0) is 14.6. The van der Waals surface area contributed by atoms with E-state index < -0.39 is 0 Å². The monoisotopic (exact) mass is 281 g/mol. The summed E-state index contributed by atoms with van der Waals surface area (Å²) in [5, 5.41) is 0.282. The van der Waals surface area contributed by atoms with Gasteiger partial charge in [0.25, 0.3) is 5.91 Å². The molecule has 5 heteroatoms. The highest BCUT2D eigenvalue weighted by molar-refractivity contribution is 6.33. The van der Waals surface area contributed by atoms with Crippen LogP contribution in [0.1, 0.15) is 49.9 Å². The fourth-order valence-electron chi connectivity index (χ4n) is 1.61. The second-order valence-electron chi connectivity index (χ2n) is 4.92. The van der Waals surface area contributed by atoms with Gasteiger partial charge in [0.1, 0.15) is 5.82 Å². The highest BCUT2D eigenvalue weighted by atomic mass is 35.5. The largest absolute Gasteiger partial charge is 0.331 e. The van der Waals surface area contributed by atoms with Crippen LogP contribution in [0.3, 0.4) is 0 Å². The van der Waals surface area contributed by atoms with Crippen LogP contribution in [-0.2, 0) is 0 Å². The maximum atomic E-state index is 12.5. The van der Waals surface area contributed by atoms with Crippen LogP contribution in [0.5, 0.6) is 0 Å². The second-order valence-corrected chi connectivity index (χ2v) is 5.33. The summed E-state index contributed by atoms with van der Waals surface area (Å²) in [6.45, 7) is 12.0. The smallest absolute Gasteiger partial charge is 0.274 e. The Morgan fingerprint density at radius 3 is 2.58 bits per heavy atom. The molecule has 0 radical (unpaired) electrons. The van der Waals surface area contributed by atoms with Crippen LogP contribution >= 0.6 is 11.6 Å². The lowest BCUT2D eigenvalue weighted by molar-refractivity contribution is 0.0722. The minimum atomic E-state index is -0.191. The van der Waals surface area contributed by atoms with E-state index >= 15 is 0 Å². The minimum absolute atomic E-state index is 0.0547. The van der Waals surface area contributed by atoms with Crippen LogP contribution in [0.25, 0.3) is 0 Å². The average Bonchev–Trinajstić information content (AvgIpc) is 2.35. The molecule has 0 aliphatic heterocycles. The molecule has 0 aromatic carbocycles. The van der Waals surface area contributed by atoms with Crippen molar-refractivity contribution in [2.75, 3.05) is 6.54 Å². The highest BCUT2D eigenvalue weighted by Crippen LogP contribution is 2.19. The van der Waals surface area contributed by atoms with Crippen molar-refractivity contribution in [3.8, 4) is 0 Å². The Morgan fingerprint density at radius 1 is 1.47 bits per heavy atom. The molecule has 0 aliphatic carbocycles. The third-order valence-electron chi connectivity index (χ3n) is 2.69. The highest BCUT2D eigenvalue weighted by Gasteiger charge is 2.22. The zero-order valence-corrected chi connectivity index (χ0v) is 12.6. The fourth-order valence-corrected chi connectivity index (χ4v) is 1.78. The van der Waals surface area contributed by atoms with Crippen LogP contribution < -0.4 is 0 Å². The number of hydrogen-bond acceptors (Lipinski definition) is 3. The van der Waals surface area contributed by atoms with Gasteiger partial charge in [0.05, 0.1) is 11.2 Å². The van der Waals surface area contributed by atoms with Gasteiger partial charge in [-0.05, 0) is 13.8 Å². The van der Waals surface area contributed by atoms with Crippen molar-refractivity contribution in [2.45, 2.75) is 39.7 Å². The maximum Gasteiger partial charge on any atom is 0.274 e. The van der Waals surface area contributed by atoms with Crippen molar-refractivity contribution in [3.63, 3.8) is 0 Å². The lowest BCUT2D eigenvalue weighted by Crippen LogP contribution is -2.37. The molecule has 104 valence electrons. The van der Waals surface area contributed by atoms with Crippen molar-refractivity contribution in [3.05, 3.63) is 35.4 Å². The zero-order valence-electron chi connectivity index (χ0n) is 11.9. The molecule has 0 aliphatic rings. The van der Waals surface area contributed by atoms with Crippen molar-refractivity contribution >= 4 is 17.5 Å². The second kappa shape index (κ2) is 6.66. The topological polar surface area (TPSA) is 46.1 Å². The molecule has 0 spiro atoms. The van der Waals surface area contributed by atoms with Crippen LogP contribution in [0.4, 0.5) is 0 Å². The SMILES string of the molecule is C=CCN(C(=O)c1nc(C(C)C)ncc1Cl)C(C)C. The van der Waals surface area contributed by atoms with Gasteiger partial charge in [0, 0.05) is 18.5 Å². The average molecular weight is 282 g/mol. The number of rotatable bonds is 5. The lowest BCUT2D eigenvalue weighted by Gasteiger charge is -2.25. The molecule has 0 fully saturated rings. The van der Waals surface area contributed by atoms with E-state index in [1.54, 1.807) is 11.0 Å². The Morgan fingerprint density at radius 2 is 2.11 bits per heavy atom. The molecule has 1 aromatic rings. The molecule has 0 atom stereocenters. The van der Waals surface area contributed by atoms with Crippen LogP contribution in [0, 0.1) is 0 Å². The van der Waals surface area contributed by atoms with E-state index in [1.165, 1.54) is 6.20 Å². The molecule has 0 unspecified atom stereocenters. The van der Waals surface area contributed by atoms with Crippen molar-refractivity contribution in [1.29, 1.82) is 0 Å². The summed E-state index contributed by atoms with van der Waals surface area (Å²) in [5.41, 5.74) is 0.260. The normalized spacial score (nSPS) is 10.9. The van der Waals surface area contributed by atoms with Crippen LogP contribution in [-0.4, -0.2) is 33.4 Å². The van der Waals surface area contributed by atoms with Gasteiger partial charge in [0.2, 0.25) is 0 Å². The molecule has 0 saturated carbocycles. The number of carbonyl (C=O) groups is 1. The van der Waals surface area contributed by atoms with Gasteiger partial charge in [-0.25, -0.2) is 9.97 Å². The molecule has 0 N–H and O–H groups in total. The molecule has 4 nitrogen and oxygen atoms in total. The first-order valence-electron chi connectivity index (χ1n) is 6.32. The number of hydrogen-bond donors (Lipinski definition) is 0. The standard InChI is InChI=1S/C14H20ClN3O/c1-6-7-18(10(4)5)14(19)12-11(15)8-16-13(17-12)9(2)3/h6,8-10H,1,7H2,2-5H3. The van der Waals surface area contributed by atoms with Crippen LogP contribution in [0.2, 0.25) is 5.02 Å². The maximum absolute atomic E-state index is 12.5. The summed E-state index contributed by atoms with van der Waals surface area (Å²) in [7, 11) is 0. The molecule has 19 heavy (non-hydrogen) atoms. The van der Waals surface area contributed by atoms with Gasteiger partial charge in [-0.1, -0.05) is 31.5 Å². The molecule has 1 amide bonds. The van der Waals surface area contributed by atoms with Crippen LogP contribution in [0.15, 0.2) is 18.9 Å². The number of nitrogens with zero attached hydrogens (tertiary/aromatic N) is 3. The molecular weight excluding hydrogens is 262 g/mol. The number of halogens is 1. The van der Waals surface area contributed by atoms with Gasteiger partial charge in [-0.2, -0.15) is 0 Å². The fraction of sp³-hybridized carbons (Fsp3) is 0.500. The summed E-state index contributed by atoms with van der Waals surface area (Å²) >= 11 is 6.05. The Bertz CT molecular complexity index is 472. The number of carbonyl (C=O) groups excluding carboxylic acids is 1. The van der Waals surface area contributed by atoms with Gasteiger partial charge in [0.15, 0.2) is 5.69 Å². The van der Waals surface area contributed by atoms with Gasteiger partial charge in [-0.15, -0.1) is 6.58 Å². The first-order chi connectivity index (χ1) is 8.88. The lowest BCUT2D eigenvalue weighted by atomic mass is 10.2. The van der Waals surface area contributed by atoms with Gasteiger partial charge in [-0.3, -0.25) is 4.79 Å². The van der Waals surface area contributed by atoms with E-state index in [4.69, 9.17) is 11.6 Å². The van der Waals surface area contributed by atoms with E-state index in [0.29, 0.717) is 12.4 Å². The molecule has 0 bridgehead atoms. The third kappa shape index (κ3) is 3.77. The number of amides is 1. The van der Waals surface area contributed by atoms with E-state index in [2.05, 4.69) is 16.5 Å². The third-order valence-corrected chi connectivity index (χ3v) is 2.97. The predicted molar refractivity (Wildman–Crippen MR) is 77.5 cm³/mol. The quantitative estimate of drug-likeness (QED) is 0.778. The van der Waals surface area contributed by atoms with Crippen molar-refractivity contribution < 1.29 is 4.79 Å². The Kier molecular flexibility index (Phi) is 5.48. The summed E-state index contributed by atoms with van der Waals surface area (Å²) in [6, 6.07) is 0.0547. The summed E-state index contributed by atoms with van der Waals surface area (Å²) in [6.07, 6.45) is 3.18. The first-order valence-corrected chi connectivity index (χ1v) is 6.70. The van der Waals surface area contributed by atoms with Gasteiger partial charge < -0.3 is 4.90 Å². The Balaban J connectivity index is 3.16. The van der Waals surface area contributed by atoms with E-state index in [0.717, 1.165) is 0 Å². The molecule has 1 heterocycles. The molecule has 0 saturated heterocycles. The Labute approximate surface area is 119 Å². The summed E-state index contributed by atoms with van der Waals surface area (Å²) in [4.78, 5) is 22.6. The summed E-state index contributed by atoms with van der Waals surface area (Å²) in [5.74, 6) is 0.579. The van der Waals surface area contributed by atoms with Gasteiger partial charge >= 0.3 is 0 Å². The minimum Gasteiger partial charge on any atom is -0.331 e.